The van der Waals surface area contributed by atoms with Crippen LogP contribution in [-0.4, -0.2) is 4.57 Å². The Morgan fingerprint density at radius 3 is 0.939 bits per heavy atom. The van der Waals surface area contributed by atoms with Crippen molar-refractivity contribution >= 4 is 60.4 Å². The second-order valence-corrected chi connectivity index (χ2v) is 21.3. The van der Waals surface area contributed by atoms with Gasteiger partial charge in [-0.25, -0.2) is 0 Å². The molecule has 82 heavy (non-hydrogen) atoms. The van der Waals surface area contributed by atoms with Gasteiger partial charge in [0, 0.05) is 33.5 Å². The van der Waals surface area contributed by atoms with Gasteiger partial charge in [0.2, 0.25) is 0 Å². The van der Waals surface area contributed by atoms with Crippen molar-refractivity contribution in [3.63, 3.8) is 0 Å². The number of para-hydroxylation sites is 1. The number of benzene rings is 14. The smallest absolute Gasteiger partial charge is 0.0541 e. The van der Waals surface area contributed by atoms with Crippen LogP contribution >= 0.6 is 0 Å². The molecule has 0 amide bonds. The lowest BCUT2D eigenvalue weighted by atomic mass is 9.95. The van der Waals surface area contributed by atoms with Crippen LogP contribution in [0.5, 0.6) is 0 Å². The van der Waals surface area contributed by atoms with Gasteiger partial charge in [-0.15, -0.1) is 0 Å². The predicted octanol–water partition coefficient (Wildman–Crippen LogP) is 22.2. The largest absolute Gasteiger partial charge is 0.311 e. The molecular formula is C80H54N2. The molecule has 15 rings (SSSR count). The maximum absolute atomic E-state index is 2.43. The summed E-state index contributed by atoms with van der Waals surface area (Å²) in [6, 6.07) is 120. The first-order valence-corrected chi connectivity index (χ1v) is 28.2. The molecule has 0 spiro atoms. The molecule has 0 aliphatic heterocycles. The number of hydrogen-bond donors (Lipinski definition) is 0. The summed E-state index contributed by atoms with van der Waals surface area (Å²) < 4.78 is 2.43. The highest BCUT2D eigenvalue weighted by atomic mass is 15.1. The van der Waals surface area contributed by atoms with Crippen molar-refractivity contribution in [3.05, 3.63) is 328 Å². The predicted molar refractivity (Wildman–Crippen MR) is 349 cm³/mol. The monoisotopic (exact) mass is 1040 g/mol. The maximum Gasteiger partial charge on any atom is 0.0541 e. The quantitative estimate of drug-likeness (QED) is 0.125. The topological polar surface area (TPSA) is 8.17 Å². The Bertz CT molecular complexity index is 4580. The molecule has 15 aromatic rings. The molecule has 1 heterocycles. The SMILES string of the molecule is c1ccc(-c2ccc(N(c3ccccc3)c3ccc(-c4ccc(-c5ccc(-n6c7ccc(-c8ccc(-c9cccc%10ccccc9%10)cc8)cc7c7cc(-c8ccc(-c9cccc%10ccccc9%10)cc8)ccc76)cc5)cc4)cc3)cc2)cc1. The lowest BCUT2D eigenvalue weighted by Gasteiger charge is -2.26. The molecule has 0 atom stereocenters. The van der Waals surface area contributed by atoms with Crippen LogP contribution in [-0.2, 0) is 0 Å². The van der Waals surface area contributed by atoms with Gasteiger partial charge >= 0.3 is 0 Å². The Morgan fingerprint density at radius 1 is 0.195 bits per heavy atom. The minimum absolute atomic E-state index is 1.11. The third kappa shape index (κ3) is 8.99. The highest BCUT2D eigenvalue weighted by Gasteiger charge is 2.18. The van der Waals surface area contributed by atoms with Crippen LogP contribution in [0.15, 0.2) is 328 Å². The van der Waals surface area contributed by atoms with E-state index in [9.17, 15) is 0 Å². The first-order chi connectivity index (χ1) is 40.6. The fraction of sp³-hybridized carbons (Fsp3) is 0. The molecule has 0 unspecified atom stereocenters. The molecule has 0 N–H and O–H groups in total. The highest BCUT2D eigenvalue weighted by molar-refractivity contribution is 6.12. The summed E-state index contributed by atoms with van der Waals surface area (Å²) in [6.07, 6.45) is 0. The molecule has 14 aromatic carbocycles. The third-order valence-corrected chi connectivity index (χ3v) is 16.5. The van der Waals surface area contributed by atoms with Gasteiger partial charge in [-0.3, -0.25) is 0 Å². The summed E-state index contributed by atoms with van der Waals surface area (Å²) in [5.41, 5.74) is 23.6. The highest BCUT2D eigenvalue weighted by Crippen LogP contribution is 2.41. The summed E-state index contributed by atoms with van der Waals surface area (Å²) >= 11 is 0. The molecule has 0 fully saturated rings. The van der Waals surface area contributed by atoms with Crippen LogP contribution in [0.2, 0.25) is 0 Å². The van der Waals surface area contributed by atoms with Crippen LogP contribution in [0.25, 0.3) is 127 Å². The molecule has 0 aliphatic carbocycles. The number of rotatable bonds is 11. The normalized spacial score (nSPS) is 11.4. The Hall–Kier alpha value is -10.8. The molecule has 1 aromatic heterocycles. The minimum Gasteiger partial charge on any atom is -0.311 e. The van der Waals surface area contributed by atoms with Gasteiger partial charge in [0.15, 0.2) is 0 Å². The van der Waals surface area contributed by atoms with Crippen molar-refractivity contribution in [2.45, 2.75) is 0 Å². The fourth-order valence-electron chi connectivity index (χ4n) is 12.2. The first kappa shape index (κ1) is 48.3. The van der Waals surface area contributed by atoms with Crippen molar-refractivity contribution in [3.8, 4) is 83.6 Å². The molecule has 2 heteroatoms. The number of aromatic nitrogens is 1. The van der Waals surface area contributed by atoms with Gasteiger partial charge in [0.1, 0.15) is 0 Å². The van der Waals surface area contributed by atoms with E-state index in [1.165, 1.54) is 121 Å². The Kier molecular flexibility index (Phi) is 12.2. The van der Waals surface area contributed by atoms with Crippen LogP contribution in [0.1, 0.15) is 0 Å². The van der Waals surface area contributed by atoms with Gasteiger partial charge in [0.25, 0.3) is 0 Å². The zero-order valence-electron chi connectivity index (χ0n) is 45.1. The minimum atomic E-state index is 1.11. The second-order valence-electron chi connectivity index (χ2n) is 21.3. The van der Waals surface area contributed by atoms with Gasteiger partial charge in [-0.2, -0.15) is 0 Å². The van der Waals surface area contributed by atoms with E-state index < -0.39 is 0 Å². The Balaban J connectivity index is 0.739. The second kappa shape index (κ2) is 20.8. The zero-order chi connectivity index (χ0) is 54.3. The van der Waals surface area contributed by atoms with E-state index in [4.69, 9.17) is 0 Å². The van der Waals surface area contributed by atoms with E-state index in [0.29, 0.717) is 0 Å². The van der Waals surface area contributed by atoms with Crippen molar-refractivity contribution in [1.82, 2.24) is 4.57 Å². The summed E-state index contributed by atoms with van der Waals surface area (Å²) in [6.45, 7) is 0. The van der Waals surface area contributed by atoms with Crippen molar-refractivity contribution < 1.29 is 0 Å². The van der Waals surface area contributed by atoms with Crippen molar-refractivity contribution in [2.24, 2.45) is 0 Å². The first-order valence-electron chi connectivity index (χ1n) is 28.2. The van der Waals surface area contributed by atoms with E-state index in [-0.39, 0.29) is 0 Å². The van der Waals surface area contributed by atoms with Crippen LogP contribution < -0.4 is 4.90 Å². The number of anilines is 3. The average Bonchev–Trinajstić information content (AvgIpc) is 4.08. The molecule has 0 bridgehead atoms. The Labute approximate surface area is 478 Å². The van der Waals surface area contributed by atoms with E-state index in [0.717, 1.165) is 22.7 Å². The lowest BCUT2D eigenvalue weighted by Crippen LogP contribution is -2.09. The lowest BCUT2D eigenvalue weighted by molar-refractivity contribution is 1.18. The number of fused-ring (bicyclic) bond motifs is 5. The molecule has 2 nitrogen and oxygen atoms in total. The Morgan fingerprint density at radius 2 is 0.500 bits per heavy atom. The molecule has 384 valence electrons. The summed E-state index contributed by atoms with van der Waals surface area (Å²) in [7, 11) is 0. The molecule has 0 aliphatic rings. The standard InChI is InChI=1S/C80H54N2/c1-3-13-55(14-4-1)58-37-45-70(46-38-58)81(69-19-5-2-6-20-69)71-47-39-59(40-48-71)56-25-27-57(28-26-56)60-41-49-72(50-42-60)82-79-51-43-67(61-29-33-65(34-30-61)75-23-11-17-63-15-7-9-21-73(63)75)53-77(79)78-54-68(44-52-80(78)82)62-31-35-66(36-32-62)76-24-12-18-64-16-8-10-22-74(64)76/h1-54H. The van der Waals surface area contributed by atoms with E-state index >= 15 is 0 Å². The zero-order valence-corrected chi connectivity index (χ0v) is 45.1. The summed E-state index contributed by atoms with van der Waals surface area (Å²) in [5.74, 6) is 0. The summed E-state index contributed by atoms with van der Waals surface area (Å²) in [5, 5.41) is 7.48. The van der Waals surface area contributed by atoms with E-state index in [1.807, 2.05) is 0 Å². The van der Waals surface area contributed by atoms with Crippen molar-refractivity contribution in [2.75, 3.05) is 4.90 Å². The van der Waals surface area contributed by atoms with Gasteiger partial charge in [-0.05, 0) is 172 Å². The number of nitrogens with zero attached hydrogens (tertiary/aromatic N) is 2. The average molecular weight is 1040 g/mol. The van der Waals surface area contributed by atoms with Crippen LogP contribution in [0, 0.1) is 0 Å². The van der Waals surface area contributed by atoms with Crippen LogP contribution in [0.4, 0.5) is 17.1 Å². The third-order valence-electron chi connectivity index (χ3n) is 16.5. The van der Waals surface area contributed by atoms with Gasteiger partial charge in [-0.1, -0.05) is 255 Å². The summed E-state index contributed by atoms with van der Waals surface area (Å²) in [4.78, 5) is 2.32. The van der Waals surface area contributed by atoms with Crippen molar-refractivity contribution in [1.29, 1.82) is 0 Å². The molecule has 0 radical (unpaired) electrons. The number of hydrogen-bond acceptors (Lipinski definition) is 1. The van der Waals surface area contributed by atoms with E-state index in [1.54, 1.807) is 0 Å². The van der Waals surface area contributed by atoms with Gasteiger partial charge < -0.3 is 9.47 Å². The fourth-order valence-corrected chi connectivity index (χ4v) is 12.2. The molecule has 0 saturated carbocycles. The van der Waals surface area contributed by atoms with Crippen LogP contribution in [0.3, 0.4) is 0 Å². The molecular weight excluding hydrogens is 989 g/mol. The molecule has 0 saturated heterocycles. The van der Waals surface area contributed by atoms with Gasteiger partial charge in [0.05, 0.1) is 11.0 Å². The van der Waals surface area contributed by atoms with E-state index in [2.05, 4.69) is 337 Å². The maximum atomic E-state index is 2.43.